The van der Waals surface area contributed by atoms with Crippen molar-refractivity contribution in [2.45, 2.75) is 12.3 Å². The maximum absolute atomic E-state index is 11.6. The molecule has 0 spiro atoms. The largest absolute Gasteiger partial charge is 0.496 e. The van der Waals surface area contributed by atoms with Crippen LogP contribution in [0, 0.1) is 0 Å². The Labute approximate surface area is 133 Å². The van der Waals surface area contributed by atoms with Crippen molar-refractivity contribution in [2.75, 3.05) is 7.11 Å². The van der Waals surface area contributed by atoms with Gasteiger partial charge in [-0.3, -0.25) is 4.79 Å². The van der Waals surface area contributed by atoms with E-state index in [9.17, 15) is 9.90 Å². The van der Waals surface area contributed by atoms with E-state index in [2.05, 4.69) is 0 Å². The van der Waals surface area contributed by atoms with Gasteiger partial charge in [0.05, 0.1) is 13.0 Å². The molecule has 0 fully saturated rings. The summed E-state index contributed by atoms with van der Waals surface area (Å²) in [5, 5.41) is 10.6. The molecule has 0 heterocycles. The van der Waals surface area contributed by atoms with Crippen molar-refractivity contribution in [3.8, 4) is 5.75 Å². The molecule has 0 aliphatic rings. The molecule has 1 unspecified atom stereocenters. The number of hydrogen-bond acceptors (Lipinski definition) is 2. The average Bonchev–Trinajstić information content (AvgIpc) is 2.46. The molecule has 3 nitrogen and oxygen atoms in total. The Hall–Kier alpha value is -1.71. The summed E-state index contributed by atoms with van der Waals surface area (Å²) in [6.07, 6.45) is 0.337. The lowest BCUT2D eigenvalue weighted by Gasteiger charge is -2.16. The summed E-state index contributed by atoms with van der Waals surface area (Å²) in [6.45, 7) is 0. The molecule has 2 rings (SSSR count). The molecule has 0 amide bonds. The second kappa shape index (κ2) is 6.83. The fraction of sp³-hybridized carbons (Fsp3) is 0.188. The van der Waals surface area contributed by atoms with Gasteiger partial charge in [0.25, 0.3) is 0 Å². The van der Waals surface area contributed by atoms with Gasteiger partial charge in [0.15, 0.2) is 0 Å². The van der Waals surface area contributed by atoms with Gasteiger partial charge in [0, 0.05) is 15.6 Å². The van der Waals surface area contributed by atoms with Crippen molar-refractivity contribution in [2.24, 2.45) is 0 Å². The van der Waals surface area contributed by atoms with Crippen molar-refractivity contribution >= 4 is 29.2 Å². The summed E-state index contributed by atoms with van der Waals surface area (Å²) >= 11 is 11.8. The van der Waals surface area contributed by atoms with E-state index in [4.69, 9.17) is 27.9 Å². The van der Waals surface area contributed by atoms with Crippen molar-refractivity contribution in [1.82, 2.24) is 0 Å². The van der Waals surface area contributed by atoms with Gasteiger partial charge in [-0.1, -0.05) is 35.3 Å². The zero-order valence-corrected chi connectivity index (χ0v) is 12.9. The second-order valence-electron chi connectivity index (χ2n) is 4.61. The standard InChI is InChI=1S/C16H14Cl2O3/c1-21-15-7-6-12(18)9-13(15)14(16(19)20)8-10-2-4-11(17)5-3-10/h2-7,9,14H,8H2,1H3,(H,19,20). The second-order valence-corrected chi connectivity index (χ2v) is 5.48. The third-order valence-electron chi connectivity index (χ3n) is 3.22. The number of rotatable bonds is 5. The van der Waals surface area contributed by atoms with Gasteiger partial charge in [-0.2, -0.15) is 0 Å². The minimum atomic E-state index is -0.925. The number of carbonyl (C=O) groups is 1. The van der Waals surface area contributed by atoms with Crippen molar-refractivity contribution < 1.29 is 14.6 Å². The third-order valence-corrected chi connectivity index (χ3v) is 3.71. The van der Waals surface area contributed by atoms with Crippen LogP contribution in [0.5, 0.6) is 5.75 Å². The van der Waals surface area contributed by atoms with Crippen LogP contribution in [0.4, 0.5) is 0 Å². The first-order valence-corrected chi connectivity index (χ1v) is 7.07. The Morgan fingerprint density at radius 1 is 1.14 bits per heavy atom. The number of benzene rings is 2. The minimum Gasteiger partial charge on any atom is -0.496 e. The topological polar surface area (TPSA) is 46.5 Å². The normalized spacial score (nSPS) is 12.0. The number of hydrogen-bond donors (Lipinski definition) is 1. The maximum atomic E-state index is 11.6. The Morgan fingerprint density at radius 2 is 1.76 bits per heavy atom. The van der Waals surface area contributed by atoms with Crippen LogP contribution in [-0.2, 0) is 11.2 Å². The van der Waals surface area contributed by atoms with E-state index in [0.29, 0.717) is 27.8 Å². The molecule has 0 aliphatic heterocycles. The lowest BCUT2D eigenvalue weighted by atomic mass is 9.91. The highest BCUT2D eigenvalue weighted by Crippen LogP contribution is 2.32. The molecular weight excluding hydrogens is 311 g/mol. The number of carboxylic acids is 1. The highest BCUT2D eigenvalue weighted by atomic mass is 35.5. The average molecular weight is 325 g/mol. The molecule has 0 aromatic heterocycles. The third kappa shape index (κ3) is 3.90. The monoisotopic (exact) mass is 324 g/mol. The Balaban J connectivity index is 2.37. The molecule has 1 N–H and O–H groups in total. The molecule has 0 saturated carbocycles. The molecule has 0 saturated heterocycles. The van der Waals surface area contributed by atoms with Crippen molar-refractivity contribution in [1.29, 1.82) is 0 Å². The summed E-state index contributed by atoms with van der Waals surface area (Å²) < 4.78 is 5.25. The maximum Gasteiger partial charge on any atom is 0.311 e. The smallest absolute Gasteiger partial charge is 0.311 e. The van der Waals surface area contributed by atoms with Crippen LogP contribution < -0.4 is 4.74 Å². The fourth-order valence-corrected chi connectivity index (χ4v) is 2.47. The molecule has 0 bridgehead atoms. The van der Waals surface area contributed by atoms with Gasteiger partial charge < -0.3 is 9.84 Å². The van der Waals surface area contributed by atoms with E-state index in [1.165, 1.54) is 7.11 Å². The first-order chi connectivity index (χ1) is 10.0. The predicted octanol–water partition coefficient (Wildman–Crippen LogP) is 4.41. The van der Waals surface area contributed by atoms with E-state index >= 15 is 0 Å². The number of methoxy groups -OCH3 is 1. The number of carboxylic acid groups (broad SMARTS) is 1. The highest BCUT2D eigenvalue weighted by Gasteiger charge is 2.24. The summed E-state index contributed by atoms with van der Waals surface area (Å²) in [5.74, 6) is -1.15. The van der Waals surface area contributed by atoms with Gasteiger partial charge in [0.1, 0.15) is 5.75 Å². The zero-order valence-electron chi connectivity index (χ0n) is 11.3. The van der Waals surface area contributed by atoms with Crippen LogP contribution in [0.2, 0.25) is 10.0 Å². The summed E-state index contributed by atoms with van der Waals surface area (Å²) in [6, 6.07) is 12.1. The quantitative estimate of drug-likeness (QED) is 0.885. The van der Waals surface area contributed by atoms with E-state index < -0.39 is 11.9 Å². The molecule has 2 aromatic rings. The lowest BCUT2D eigenvalue weighted by Crippen LogP contribution is -2.15. The zero-order chi connectivity index (χ0) is 15.4. The molecular formula is C16H14Cl2O3. The molecule has 1 atom stereocenters. The summed E-state index contributed by atoms with van der Waals surface area (Å²) in [7, 11) is 1.51. The predicted molar refractivity (Wildman–Crippen MR) is 83.5 cm³/mol. The van der Waals surface area contributed by atoms with Gasteiger partial charge >= 0.3 is 5.97 Å². The van der Waals surface area contributed by atoms with Crippen molar-refractivity contribution in [3.63, 3.8) is 0 Å². The molecule has 110 valence electrons. The van der Waals surface area contributed by atoms with Gasteiger partial charge in [-0.25, -0.2) is 0 Å². The Kier molecular flexibility index (Phi) is 5.10. The fourth-order valence-electron chi connectivity index (χ4n) is 2.16. The van der Waals surface area contributed by atoms with E-state index in [-0.39, 0.29) is 0 Å². The van der Waals surface area contributed by atoms with Gasteiger partial charge in [0.2, 0.25) is 0 Å². The van der Waals surface area contributed by atoms with Crippen LogP contribution in [0.15, 0.2) is 42.5 Å². The number of halogens is 2. The van der Waals surface area contributed by atoms with E-state index in [0.717, 1.165) is 5.56 Å². The Bertz CT molecular complexity index is 638. The van der Waals surface area contributed by atoms with E-state index in [1.54, 1.807) is 30.3 Å². The molecule has 2 aromatic carbocycles. The number of aliphatic carboxylic acids is 1. The van der Waals surface area contributed by atoms with E-state index in [1.807, 2.05) is 12.1 Å². The summed E-state index contributed by atoms with van der Waals surface area (Å²) in [4.78, 5) is 11.6. The first kappa shape index (κ1) is 15.7. The SMILES string of the molecule is COc1ccc(Cl)cc1C(Cc1ccc(Cl)cc1)C(=O)O. The van der Waals surface area contributed by atoms with Gasteiger partial charge in [-0.15, -0.1) is 0 Å². The van der Waals surface area contributed by atoms with Crippen LogP contribution in [-0.4, -0.2) is 18.2 Å². The van der Waals surface area contributed by atoms with Crippen molar-refractivity contribution in [3.05, 3.63) is 63.6 Å². The van der Waals surface area contributed by atoms with Crippen LogP contribution >= 0.6 is 23.2 Å². The van der Waals surface area contributed by atoms with Crippen LogP contribution in [0.1, 0.15) is 17.0 Å². The number of ether oxygens (including phenoxy) is 1. The van der Waals surface area contributed by atoms with Crippen LogP contribution in [0.25, 0.3) is 0 Å². The lowest BCUT2D eigenvalue weighted by molar-refractivity contribution is -0.138. The highest BCUT2D eigenvalue weighted by molar-refractivity contribution is 6.31. The molecule has 5 heteroatoms. The molecule has 0 aliphatic carbocycles. The molecule has 21 heavy (non-hydrogen) atoms. The minimum absolute atomic E-state index is 0.337. The summed E-state index contributed by atoms with van der Waals surface area (Å²) in [5.41, 5.74) is 1.45. The van der Waals surface area contributed by atoms with Crippen LogP contribution in [0.3, 0.4) is 0 Å². The van der Waals surface area contributed by atoms with Gasteiger partial charge in [-0.05, 0) is 42.3 Å². The Morgan fingerprint density at radius 3 is 2.33 bits per heavy atom. The first-order valence-electron chi connectivity index (χ1n) is 6.32. The molecule has 0 radical (unpaired) electrons.